The number of allylic oxidation sites excluding steroid dienone is 2. The number of rotatable bonds is 5. The first-order chi connectivity index (χ1) is 16.4. The zero-order chi connectivity index (χ0) is 25.9. The van der Waals surface area contributed by atoms with Crippen LogP contribution in [0.3, 0.4) is 0 Å². The molecular weight excluding hydrogens is 456 g/mol. The maximum absolute atomic E-state index is 11.7. The molecule has 9 nitrogen and oxygen atoms in total. The molecule has 0 amide bonds. The molecule has 1 heterocycles. The molecule has 0 aromatic carbocycles. The van der Waals surface area contributed by atoms with Gasteiger partial charge >= 0.3 is 0 Å². The molecular formula is C26H42O9. The van der Waals surface area contributed by atoms with Crippen LogP contribution in [0.15, 0.2) is 22.8 Å². The van der Waals surface area contributed by atoms with Gasteiger partial charge in [-0.15, -0.1) is 0 Å². The third-order valence-corrected chi connectivity index (χ3v) is 9.01. The Bertz CT molecular complexity index is 854. The molecule has 1 saturated heterocycles. The van der Waals surface area contributed by atoms with Gasteiger partial charge in [-0.25, -0.2) is 0 Å². The van der Waals surface area contributed by atoms with Gasteiger partial charge < -0.3 is 45.2 Å². The molecule has 0 spiro atoms. The van der Waals surface area contributed by atoms with Gasteiger partial charge in [-0.2, -0.15) is 0 Å². The lowest BCUT2D eigenvalue weighted by Gasteiger charge is -2.46. The molecule has 11 atom stereocenters. The van der Waals surface area contributed by atoms with E-state index in [1.165, 1.54) is 0 Å². The van der Waals surface area contributed by atoms with Gasteiger partial charge in [-0.3, -0.25) is 0 Å². The largest absolute Gasteiger partial charge is 0.394 e. The average molecular weight is 499 g/mol. The van der Waals surface area contributed by atoms with E-state index in [4.69, 9.17) is 9.47 Å². The van der Waals surface area contributed by atoms with E-state index in [0.29, 0.717) is 12.8 Å². The van der Waals surface area contributed by atoms with E-state index < -0.39 is 60.5 Å². The number of ether oxygens (including phenoxy) is 2. The molecule has 35 heavy (non-hydrogen) atoms. The van der Waals surface area contributed by atoms with Crippen LogP contribution in [0.25, 0.3) is 0 Å². The maximum Gasteiger partial charge on any atom is 0.187 e. The predicted octanol–water partition coefficient (Wildman–Crippen LogP) is -0.00540. The highest BCUT2D eigenvalue weighted by Crippen LogP contribution is 2.56. The molecule has 3 aliphatic carbocycles. The summed E-state index contributed by atoms with van der Waals surface area (Å²) in [6, 6.07) is 0. The van der Waals surface area contributed by atoms with Crippen LogP contribution < -0.4 is 0 Å². The average Bonchev–Trinajstić information content (AvgIpc) is 3.33. The van der Waals surface area contributed by atoms with Crippen molar-refractivity contribution in [1.29, 1.82) is 0 Å². The van der Waals surface area contributed by atoms with Gasteiger partial charge in [-0.1, -0.05) is 39.3 Å². The monoisotopic (exact) mass is 498 g/mol. The van der Waals surface area contributed by atoms with Gasteiger partial charge in [0.1, 0.15) is 36.1 Å². The number of hydrogen-bond acceptors (Lipinski definition) is 9. The second-order valence-electron chi connectivity index (χ2n) is 11.5. The summed E-state index contributed by atoms with van der Waals surface area (Å²) in [6.07, 6.45) is -4.46. The van der Waals surface area contributed by atoms with Crippen LogP contribution in [0.1, 0.15) is 53.4 Å². The number of aliphatic hydroxyl groups excluding tert-OH is 6. The van der Waals surface area contributed by atoms with E-state index in [-0.39, 0.29) is 24.4 Å². The molecule has 1 saturated carbocycles. The summed E-state index contributed by atoms with van der Waals surface area (Å²) in [7, 11) is 0. The van der Waals surface area contributed by atoms with Crippen LogP contribution in [-0.2, 0) is 9.47 Å². The van der Waals surface area contributed by atoms with Gasteiger partial charge in [0, 0.05) is 5.41 Å². The molecule has 1 aliphatic heterocycles. The highest BCUT2D eigenvalue weighted by molar-refractivity contribution is 5.42. The summed E-state index contributed by atoms with van der Waals surface area (Å²) in [5, 5.41) is 73.7. The number of hydrogen-bond donors (Lipinski definition) is 7. The first-order valence-corrected chi connectivity index (χ1v) is 12.8. The van der Waals surface area contributed by atoms with Crippen molar-refractivity contribution in [3.05, 3.63) is 22.8 Å². The van der Waals surface area contributed by atoms with E-state index in [2.05, 4.69) is 19.9 Å². The minimum absolute atomic E-state index is 0.157. The SMILES string of the molecule is CC(C)C1=C2[C@@H](O[C@H]3O[C@H](CO)[C@@H](O)[C@H](O)[C@H]3O)[C@H](O)[C@H](C)[C@@H]3CC[C@@](O)(CO)C3=C[C@@]2(C)CC1. The molecule has 7 N–H and O–H groups in total. The van der Waals surface area contributed by atoms with Crippen LogP contribution in [0.4, 0.5) is 0 Å². The lowest BCUT2D eigenvalue weighted by molar-refractivity contribution is -0.315. The molecule has 0 bridgehead atoms. The summed E-state index contributed by atoms with van der Waals surface area (Å²) in [6.45, 7) is 7.13. The minimum Gasteiger partial charge on any atom is -0.394 e. The molecule has 0 aromatic heterocycles. The topological polar surface area (TPSA) is 160 Å². The Morgan fingerprint density at radius 1 is 1.06 bits per heavy atom. The van der Waals surface area contributed by atoms with Crippen LogP contribution in [0.5, 0.6) is 0 Å². The fourth-order valence-corrected chi connectivity index (χ4v) is 6.79. The second kappa shape index (κ2) is 9.78. The van der Waals surface area contributed by atoms with Crippen LogP contribution in [0, 0.1) is 23.2 Å². The highest BCUT2D eigenvalue weighted by Gasteiger charge is 2.54. The highest BCUT2D eigenvalue weighted by atomic mass is 16.7. The van der Waals surface area contributed by atoms with Crippen molar-refractivity contribution in [3.8, 4) is 0 Å². The lowest BCUT2D eigenvalue weighted by atomic mass is 9.68. The minimum atomic E-state index is -1.58. The summed E-state index contributed by atoms with van der Waals surface area (Å²) in [5.74, 6) is -0.351. The van der Waals surface area contributed by atoms with Crippen LogP contribution >= 0.6 is 0 Å². The Morgan fingerprint density at radius 2 is 1.74 bits per heavy atom. The van der Waals surface area contributed by atoms with Crippen molar-refractivity contribution in [2.75, 3.05) is 13.2 Å². The van der Waals surface area contributed by atoms with E-state index in [1.54, 1.807) is 0 Å². The van der Waals surface area contributed by atoms with Gasteiger partial charge in [0.15, 0.2) is 6.29 Å². The first kappa shape index (κ1) is 27.2. The van der Waals surface area contributed by atoms with Crippen LogP contribution in [-0.4, -0.2) is 97.5 Å². The smallest absolute Gasteiger partial charge is 0.187 e. The summed E-state index contributed by atoms with van der Waals surface area (Å²) >= 11 is 0. The van der Waals surface area contributed by atoms with Crippen LogP contribution in [0.2, 0.25) is 0 Å². The van der Waals surface area contributed by atoms with Gasteiger partial charge in [0.25, 0.3) is 0 Å². The second-order valence-corrected chi connectivity index (χ2v) is 11.5. The molecule has 200 valence electrons. The molecule has 0 aromatic rings. The van der Waals surface area contributed by atoms with Gasteiger partial charge in [0.2, 0.25) is 0 Å². The van der Waals surface area contributed by atoms with Gasteiger partial charge in [-0.05, 0) is 54.6 Å². The fourth-order valence-electron chi connectivity index (χ4n) is 6.79. The third kappa shape index (κ3) is 4.43. The molecule has 9 heteroatoms. The first-order valence-electron chi connectivity index (χ1n) is 12.8. The maximum atomic E-state index is 11.7. The van der Waals surface area contributed by atoms with Crippen molar-refractivity contribution in [3.63, 3.8) is 0 Å². The third-order valence-electron chi connectivity index (χ3n) is 9.01. The number of aliphatic hydroxyl groups is 7. The Balaban J connectivity index is 1.80. The standard InChI is InChI=1S/C26H42O9/c1-12(2)14-5-7-25(4)9-16-15(6-8-26(16,33)11-28)13(3)19(29)23(18(14)25)35-24-22(32)21(31)20(30)17(10-27)34-24/h9,12-13,15,17,19-24,27-33H,5-8,10-11H2,1-4H3/t13-,15+,17-,19-,20-,21+,22-,23-,24-,25-,26-/m1/s1. The molecule has 0 unspecified atom stereocenters. The van der Waals surface area contributed by atoms with Crippen molar-refractivity contribution in [2.45, 2.75) is 102 Å². The van der Waals surface area contributed by atoms with E-state index in [9.17, 15) is 35.7 Å². The Hall–Kier alpha value is -0.880. The molecule has 2 fully saturated rings. The van der Waals surface area contributed by atoms with E-state index >= 15 is 0 Å². The van der Waals surface area contributed by atoms with Crippen molar-refractivity contribution in [2.24, 2.45) is 23.2 Å². The zero-order valence-corrected chi connectivity index (χ0v) is 21.0. The molecule has 4 aliphatic rings. The Labute approximate surface area is 206 Å². The lowest BCUT2D eigenvalue weighted by Crippen LogP contribution is -2.60. The van der Waals surface area contributed by atoms with E-state index in [0.717, 1.165) is 29.6 Å². The van der Waals surface area contributed by atoms with Gasteiger partial charge in [0.05, 0.1) is 19.3 Å². The summed E-state index contributed by atoms with van der Waals surface area (Å²) < 4.78 is 11.9. The Morgan fingerprint density at radius 3 is 2.34 bits per heavy atom. The zero-order valence-electron chi connectivity index (χ0n) is 21.0. The predicted molar refractivity (Wildman–Crippen MR) is 126 cm³/mol. The van der Waals surface area contributed by atoms with Crippen molar-refractivity contribution < 1.29 is 45.2 Å². The summed E-state index contributed by atoms with van der Waals surface area (Å²) in [4.78, 5) is 0. The quantitative estimate of drug-likeness (QED) is 0.259. The number of fused-ring (bicyclic) bond motifs is 2. The molecule has 0 radical (unpaired) electrons. The van der Waals surface area contributed by atoms with E-state index in [1.807, 2.05) is 13.8 Å². The normalized spacial score (nSPS) is 48.5. The molecule has 4 rings (SSSR count). The fraction of sp³-hybridized carbons (Fsp3) is 0.846. The van der Waals surface area contributed by atoms with Crippen molar-refractivity contribution in [1.82, 2.24) is 0 Å². The Kier molecular flexibility index (Phi) is 7.59. The summed E-state index contributed by atoms with van der Waals surface area (Å²) in [5.41, 5.74) is 0.859. The van der Waals surface area contributed by atoms with Crippen molar-refractivity contribution >= 4 is 0 Å².